The quantitative estimate of drug-likeness (QED) is 0.513. The van der Waals surface area contributed by atoms with E-state index < -0.39 is 5.97 Å². The van der Waals surface area contributed by atoms with Gasteiger partial charge in [0.2, 0.25) is 0 Å². The number of aryl methyl sites for hydroxylation is 1. The minimum Gasteiger partial charge on any atom is -0.292 e. The highest BCUT2D eigenvalue weighted by molar-refractivity contribution is 5.88. The molecule has 3 heteroatoms. The molecule has 0 heterocycles. The van der Waals surface area contributed by atoms with Crippen LogP contribution in [0.4, 0.5) is 0 Å². The first-order valence-electron chi connectivity index (χ1n) is 8.72. The summed E-state index contributed by atoms with van der Waals surface area (Å²) in [6.07, 6.45) is 7.15. The Labute approximate surface area is 140 Å². The van der Waals surface area contributed by atoms with E-state index in [0.717, 1.165) is 25.4 Å². The molecule has 0 spiro atoms. The van der Waals surface area contributed by atoms with Crippen LogP contribution in [0.15, 0.2) is 24.3 Å². The maximum absolute atomic E-state index is 12.1. The number of benzene rings is 1. The topological polar surface area (TPSA) is 35.5 Å². The van der Waals surface area contributed by atoms with Crippen molar-refractivity contribution in [3.8, 4) is 0 Å². The van der Waals surface area contributed by atoms with E-state index in [1.165, 1.54) is 24.8 Å². The Morgan fingerprint density at radius 1 is 1.26 bits per heavy atom. The first kappa shape index (κ1) is 18.0. The lowest BCUT2D eigenvalue weighted by Gasteiger charge is -2.36. The fourth-order valence-corrected chi connectivity index (χ4v) is 3.48. The molecule has 1 unspecified atom stereocenters. The van der Waals surface area contributed by atoms with Gasteiger partial charge in [0.05, 0.1) is 5.56 Å². The third-order valence-corrected chi connectivity index (χ3v) is 4.40. The van der Waals surface area contributed by atoms with Gasteiger partial charge in [0.1, 0.15) is 6.10 Å². The van der Waals surface area contributed by atoms with Crippen molar-refractivity contribution < 1.29 is 14.6 Å². The minimum absolute atomic E-state index is 0.209. The van der Waals surface area contributed by atoms with Gasteiger partial charge in [-0.25, -0.2) is 4.79 Å². The van der Waals surface area contributed by atoms with E-state index in [1.54, 1.807) is 0 Å². The zero-order valence-corrected chi connectivity index (χ0v) is 14.9. The maximum Gasteiger partial charge on any atom is 0.373 e. The molecule has 127 valence electrons. The number of carbonyl (C=O) groups is 1. The first-order valence-corrected chi connectivity index (χ1v) is 8.72. The summed E-state index contributed by atoms with van der Waals surface area (Å²) in [6.45, 7) is 8.83. The molecular formula is C20H29O3. The monoisotopic (exact) mass is 317 g/mol. The van der Waals surface area contributed by atoms with Gasteiger partial charge < -0.3 is 0 Å². The van der Waals surface area contributed by atoms with Crippen LogP contribution in [0.1, 0.15) is 75.7 Å². The largest absolute Gasteiger partial charge is 0.373 e. The van der Waals surface area contributed by atoms with Crippen molar-refractivity contribution in [3.05, 3.63) is 41.5 Å². The van der Waals surface area contributed by atoms with Crippen molar-refractivity contribution >= 4 is 5.97 Å². The van der Waals surface area contributed by atoms with Crippen molar-refractivity contribution in [2.75, 3.05) is 0 Å². The van der Waals surface area contributed by atoms with Crippen LogP contribution in [0.2, 0.25) is 0 Å². The Bertz CT molecular complexity index is 504. The van der Waals surface area contributed by atoms with Crippen LogP contribution in [-0.4, -0.2) is 5.97 Å². The van der Waals surface area contributed by atoms with Gasteiger partial charge in [-0.1, -0.05) is 46.2 Å². The first-order chi connectivity index (χ1) is 10.9. The fourth-order valence-electron chi connectivity index (χ4n) is 3.48. The summed E-state index contributed by atoms with van der Waals surface area (Å²) in [7, 11) is 0. The highest BCUT2D eigenvalue weighted by Crippen LogP contribution is 2.43. The molecule has 0 aliphatic heterocycles. The number of hydrogen-bond donors (Lipinski definition) is 0. The zero-order valence-electron chi connectivity index (χ0n) is 14.9. The number of rotatable bonds is 6. The molecule has 0 amide bonds. The second-order valence-corrected chi connectivity index (χ2v) is 7.65. The third kappa shape index (κ3) is 5.65. The van der Waals surface area contributed by atoms with Crippen LogP contribution < -0.4 is 0 Å². The van der Waals surface area contributed by atoms with Gasteiger partial charge in [0.15, 0.2) is 0 Å². The van der Waals surface area contributed by atoms with Gasteiger partial charge in [-0.05, 0) is 61.1 Å². The van der Waals surface area contributed by atoms with Gasteiger partial charge in [-0.15, -0.1) is 0 Å². The van der Waals surface area contributed by atoms with Crippen molar-refractivity contribution in [1.29, 1.82) is 0 Å². The molecule has 1 radical (unpaired) electrons. The molecule has 0 saturated heterocycles. The molecule has 1 saturated carbocycles. The van der Waals surface area contributed by atoms with Crippen molar-refractivity contribution in [3.63, 3.8) is 0 Å². The lowest BCUT2D eigenvalue weighted by molar-refractivity contribution is -0.245. The Hall–Kier alpha value is -1.35. The molecule has 0 bridgehead atoms. The summed E-state index contributed by atoms with van der Waals surface area (Å²) in [5.41, 5.74) is 2.00. The predicted octanol–water partition coefficient (Wildman–Crippen LogP) is 5.50. The number of unbranched alkanes of at least 4 members (excludes halogenated alkanes) is 1. The molecular weight excluding hydrogens is 288 g/mol. The van der Waals surface area contributed by atoms with Gasteiger partial charge >= 0.3 is 5.97 Å². The van der Waals surface area contributed by atoms with Crippen LogP contribution in [0.25, 0.3) is 0 Å². The smallest absolute Gasteiger partial charge is 0.292 e. The Morgan fingerprint density at radius 2 is 1.96 bits per heavy atom. The van der Waals surface area contributed by atoms with Gasteiger partial charge in [-0.2, -0.15) is 4.89 Å². The molecule has 1 fully saturated rings. The highest BCUT2D eigenvalue weighted by atomic mass is 17.2. The zero-order chi connectivity index (χ0) is 16.9. The SMILES string of the molecule is CCCCc1ccc(C(=O)OO[C]2CC(C)CC(C)(C)C2)cc1. The molecule has 1 aliphatic carbocycles. The standard InChI is InChI=1S/C20H29O3/c1-5-6-7-16-8-10-17(11-9-16)19(21)23-22-18-12-15(2)13-20(3,4)14-18/h8-11,15H,5-7,12-14H2,1-4H3. The maximum atomic E-state index is 12.1. The van der Waals surface area contributed by atoms with E-state index in [4.69, 9.17) is 9.78 Å². The predicted molar refractivity (Wildman–Crippen MR) is 91.6 cm³/mol. The van der Waals surface area contributed by atoms with Gasteiger partial charge in [-0.3, -0.25) is 4.89 Å². The van der Waals surface area contributed by atoms with E-state index in [9.17, 15) is 4.79 Å². The molecule has 3 nitrogen and oxygen atoms in total. The molecule has 1 atom stereocenters. The molecule has 2 rings (SSSR count). The average molecular weight is 317 g/mol. The summed E-state index contributed by atoms with van der Waals surface area (Å²) < 4.78 is 0. The third-order valence-electron chi connectivity index (χ3n) is 4.40. The molecule has 0 aromatic heterocycles. The molecule has 23 heavy (non-hydrogen) atoms. The minimum atomic E-state index is -0.421. The summed E-state index contributed by atoms with van der Waals surface area (Å²) in [5, 5.41) is 0. The van der Waals surface area contributed by atoms with Crippen molar-refractivity contribution in [2.24, 2.45) is 11.3 Å². The molecule has 1 aromatic carbocycles. The highest BCUT2D eigenvalue weighted by Gasteiger charge is 2.34. The Kier molecular flexibility index (Phi) is 6.23. The van der Waals surface area contributed by atoms with Gasteiger partial charge in [0.25, 0.3) is 0 Å². The normalized spacial score (nSPS) is 21.1. The molecule has 0 N–H and O–H groups in total. The van der Waals surface area contributed by atoms with Crippen LogP contribution in [0.3, 0.4) is 0 Å². The summed E-state index contributed by atoms with van der Waals surface area (Å²) in [5.74, 6) is 0.140. The van der Waals surface area contributed by atoms with Crippen molar-refractivity contribution in [2.45, 2.75) is 66.2 Å². The second-order valence-electron chi connectivity index (χ2n) is 7.65. The lowest BCUT2D eigenvalue weighted by atomic mass is 9.71. The van der Waals surface area contributed by atoms with Crippen LogP contribution in [0.5, 0.6) is 0 Å². The summed E-state index contributed by atoms with van der Waals surface area (Å²) >= 11 is 0. The van der Waals surface area contributed by atoms with Crippen LogP contribution in [-0.2, 0) is 16.2 Å². The number of carbonyl (C=O) groups excluding carboxylic acids is 1. The van der Waals surface area contributed by atoms with E-state index in [2.05, 4.69) is 27.7 Å². The average Bonchev–Trinajstić information content (AvgIpc) is 2.49. The van der Waals surface area contributed by atoms with E-state index in [0.29, 0.717) is 11.5 Å². The Balaban J connectivity index is 1.84. The van der Waals surface area contributed by atoms with Crippen LogP contribution >= 0.6 is 0 Å². The molecule has 1 aliphatic rings. The second kappa shape index (κ2) is 7.96. The van der Waals surface area contributed by atoms with E-state index >= 15 is 0 Å². The van der Waals surface area contributed by atoms with E-state index in [1.807, 2.05) is 24.3 Å². The molecule has 1 aromatic rings. The van der Waals surface area contributed by atoms with Gasteiger partial charge in [0, 0.05) is 0 Å². The van der Waals surface area contributed by atoms with E-state index in [-0.39, 0.29) is 5.41 Å². The van der Waals surface area contributed by atoms with Crippen molar-refractivity contribution in [1.82, 2.24) is 0 Å². The lowest BCUT2D eigenvalue weighted by Crippen LogP contribution is -2.28. The van der Waals surface area contributed by atoms with Crippen LogP contribution in [0, 0.1) is 17.4 Å². The summed E-state index contributed by atoms with van der Waals surface area (Å²) in [4.78, 5) is 22.5. The Morgan fingerprint density at radius 3 is 2.57 bits per heavy atom. The summed E-state index contributed by atoms with van der Waals surface area (Å²) in [6, 6.07) is 7.61. The number of hydrogen-bond acceptors (Lipinski definition) is 3. The fraction of sp³-hybridized carbons (Fsp3) is 0.600.